The second kappa shape index (κ2) is 5.03. The zero-order valence-corrected chi connectivity index (χ0v) is 11.4. The third-order valence-corrected chi connectivity index (χ3v) is 3.47. The molecule has 1 aromatic carbocycles. The van der Waals surface area contributed by atoms with Crippen molar-refractivity contribution < 1.29 is 4.52 Å². The minimum absolute atomic E-state index is 0.470. The van der Waals surface area contributed by atoms with Gasteiger partial charge in [0.1, 0.15) is 0 Å². The van der Waals surface area contributed by atoms with Crippen LogP contribution in [0.4, 0.5) is 5.69 Å². The van der Waals surface area contributed by atoms with Crippen LogP contribution in [0.25, 0.3) is 11.5 Å². The van der Waals surface area contributed by atoms with Crippen LogP contribution in [-0.2, 0) is 0 Å². The lowest BCUT2D eigenvalue weighted by molar-refractivity contribution is 0.425. The normalized spacial score (nSPS) is 16.3. The summed E-state index contributed by atoms with van der Waals surface area (Å²) in [5, 5.41) is 7.42. The molecule has 19 heavy (non-hydrogen) atoms. The van der Waals surface area contributed by atoms with Gasteiger partial charge in [-0.25, -0.2) is 0 Å². The summed E-state index contributed by atoms with van der Waals surface area (Å²) in [6, 6.07) is 8.57. The first-order chi connectivity index (χ1) is 9.22. The van der Waals surface area contributed by atoms with Crippen molar-refractivity contribution in [1.82, 2.24) is 10.1 Å². The van der Waals surface area contributed by atoms with Gasteiger partial charge in [-0.3, -0.25) is 0 Å². The number of nitrogens with zero attached hydrogens (tertiary/aromatic N) is 2. The fourth-order valence-electron chi connectivity index (χ4n) is 2.38. The van der Waals surface area contributed by atoms with Crippen molar-refractivity contribution in [3.8, 4) is 11.5 Å². The first kappa shape index (κ1) is 12.2. The molecule has 0 radical (unpaired) electrons. The van der Waals surface area contributed by atoms with Gasteiger partial charge in [0.25, 0.3) is 5.89 Å². The van der Waals surface area contributed by atoms with Crippen LogP contribution >= 0.6 is 0 Å². The summed E-state index contributed by atoms with van der Waals surface area (Å²) in [4.78, 5) is 4.30. The Labute approximate surface area is 113 Å². The zero-order chi connectivity index (χ0) is 13.2. The first-order valence-electron chi connectivity index (χ1n) is 6.88. The summed E-state index contributed by atoms with van der Waals surface area (Å²) in [5.74, 6) is 2.16. The largest absolute Gasteiger partial charge is 0.382 e. The average Bonchev–Trinajstić information content (AvgIpc) is 3.09. The quantitative estimate of drug-likeness (QED) is 0.888. The molecule has 1 heterocycles. The monoisotopic (exact) mass is 257 g/mol. The van der Waals surface area contributed by atoms with E-state index in [-0.39, 0.29) is 0 Å². The summed E-state index contributed by atoms with van der Waals surface area (Å²) < 4.78 is 5.26. The Kier molecular flexibility index (Phi) is 3.23. The van der Waals surface area contributed by atoms with Crippen molar-refractivity contribution >= 4 is 5.69 Å². The van der Waals surface area contributed by atoms with E-state index in [4.69, 9.17) is 4.52 Å². The van der Waals surface area contributed by atoms with Crippen LogP contribution in [0.5, 0.6) is 0 Å². The van der Waals surface area contributed by atoms with Gasteiger partial charge in [0, 0.05) is 11.7 Å². The van der Waals surface area contributed by atoms with Gasteiger partial charge in [0.15, 0.2) is 5.82 Å². The molecule has 1 fully saturated rings. The molecule has 3 rings (SSSR count). The van der Waals surface area contributed by atoms with Gasteiger partial charge in [0.05, 0.1) is 5.56 Å². The van der Waals surface area contributed by atoms with Gasteiger partial charge in [-0.1, -0.05) is 30.1 Å². The molecule has 1 unspecified atom stereocenters. The molecule has 0 amide bonds. The molecule has 0 bridgehead atoms. The lowest BCUT2D eigenvalue weighted by Gasteiger charge is -2.16. The fraction of sp³-hybridized carbons (Fsp3) is 0.467. The molecule has 1 N–H and O–H groups in total. The van der Waals surface area contributed by atoms with E-state index in [0.717, 1.165) is 17.2 Å². The molecule has 2 aromatic rings. The molecular weight excluding hydrogens is 238 g/mol. The molecule has 0 spiro atoms. The standard InChI is InChI=1S/C15H19N3O/c1-10(9-12-7-8-12)16-14-6-4-3-5-13(14)15-17-11(2)18-19-15/h3-6,10,12,16H,7-9H2,1-2H3. The molecule has 1 atom stereocenters. The highest BCUT2D eigenvalue weighted by Crippen LogP contribution is 2.35. The van der Waals surface area contributed by atoms with Gasteiger partial charge in [-0.05, 0) is 38.3 Å². The van der Waals surface area contributed by atoms with Crippen LogP contribution in [0.15, 0.2) is 28.8 Å². The number of para-hydroxylation sites is 1. The van der Waals surface area contributed by atoms with Crippen molar-refractivity contribution in [2.45, 2.75) is 39.2 Å². The molecular formula is C15H19N3O. The van der Waals surface area contributed by atoms with Gasteiger partial charge in [-0.15, -0.1) is 0 Å². The van der Waals surface area contributed by atoms with Crippen molar-refractivity contribution in [3.05, 3.63) is 30.1 Å². The van der Waals surface area contributed by atoms with Gasteiger partial charge in [0.2, 0.25) is 0 Å². The zero-order valence-electron chi connectivity index (χ0n) is 11.4. The van der Waals surface area contributed by atoms with Crippen molar-refractivity contribution in [2.75, 3.05) is 5.32 Å². The van der Waals surface area contributed by atoms with Crippen molar-refractivity contribution in [1.29, 1.82) is 0 Å². The summed E-state index contributed by atoms with van der Waals surface area (Å²) in [5.41, 5.74) is 2.05. The van der Waals surface area contributed by atoms with E-state index in [1.165, 1.54) is 19.3 Å². The SMILES string of the molecule is Cc1noc(-c2ccccc2NC(C)CC2CC2)n1. The predicted octanol–water partition coefficient (Wildman–Crippen LogP) is 3.65. The Morgan fingerprint density at radius 3 is 2.84 bits per heavy atom. The van der Waals surface area contributed by atoms with Gasteiger partial charge in [-0.2, -0.15) is 4.98 Å². The number of hydrogen-bond donors (Lipinski definition) is 1. The third-order valence-electron chi connectivity index (χ3n) is 3.47. The number of aryl methyl sites for hydroxylation is 1. The summed E-state index contributed by atoms with van der Waals surface area (Å²) >= 11 is 0. The first-order valence-corrected chi connectivity index (χ1v) is 6.88. The van der Waals surface area contributed by atoms with E-state index in [0.29, 0.717) is 17.8 Å². The Hall–Kier alpha value is -1.84. The highest BCUT2D eigenvalue weighted by molar-refractivity contribution is 5.72. The molecule has 1 aromatic heterocycles. The van der Waals surface area contributed by atoms with Crippen LogP contribution in [0.1, 0.15) is 32.0 Å². The topological polar surface area (TPSA) is 51.0 Å². The minimum atomic E-state index is 0.470. The average molecular weight is 257 g/mol. The second-order valence-electron chi connectivity index (χ2n) is 5.42. The van der Waals surface area contributed by atoms with E-state index in [9.17, 15) is 0 Å². The van der Waals surface area contributed by atoms with Gasteiger partial charge < -0.3 is 9.84 Å². The lowest BCUT2D eigenvalue weighted by atomic mass is 10.1. The maximum atomic E-state index is 5.26. The van der Waals surface area contributed by atoms with Crippen LogP contribution in [0.2, 0.25) is 0 Å². The number of nitrogens with one attached hydrogen (secondary N) is 1. The Bertz CT molecular complexity index is 560. The Morgan fingerprint density at radius 1 is 1.37 bits per heavy atom. The van der Waals surface area contributed by atoms with Crippen LogP contribution in [0, 0.1) is 12.8 Å². The molecule has 100 valence electrons. The minimum Gasteiger partial charge on any atom is -0.382 e. The predicted molar refractivity (Wildman–Crippen MR) is 74.9 cm³/mol. The second-order valence-corrected chi connectivity index (χ2v) is 5.42. The number of benzene rings is 1. The molecule has 4 heteroatoms. The molecule has 1 saturated carbocycles. The maximum Gasteiger partial charge on any atom is 0.260 e. The Morgan fingerprint density at radius 2 is 2.16 bits per heavy atom. The van der Waals surface area contributed by atoms with E-state index in [1.807, 2.05) is 25.1 Å². The maximum absolute atomic E-state index is 5.26. The molecule has 1 aliphatic carbocycles. The van der Waals surface area contributed by atoms with Crippen LogP contribution in [-0.4, -0.2) is 16.2 Å². The lowest BCUT2D eigenvalue weighted by Crippen LogP contribution is -2.16. The smallest absolute Gasteiger partial charge is 0.260 e. The van der Waals surface area contributed by atoms with Gasteiger partial charge >= 0.3 is 0 Å². The third kappa shape index (κ3) is 2.95. The van der Waals surface area contributed by atoms with Crippen molar-refractivity contribution in [3.63, 3.8) is 0 Å². The van der Waals surface area contributed by atoms with E-state index in [1.54, 1.807) is 0 Å². The number of rotatable bonds is 5. The van der Waals surface area contributed by atoms with E-state index >= 15 is 0 Å². The fourth-order valence-corrected chi connectivity index (χ4v) is 2.38. The summed E-state index contributed by atoms with van der Waals surface area (Å²) in [7, 11) is 0. The number of aromatic nitrogens is 2. The van der Waals surface area contributed by atoms with Crippen LogP contribution in [0.3, 0.4) is 0 Å². The summed E-state index contributed by atoms with van der Waals surface area (Å²) in [6.45, 7) is 4.06. The van der Waals surface area contributed by atoms with E-state index < -0.39 is 0 Å². The molecule has 0 aliphatic heterocycles. The number of hydrogen-bond acceptors (Lipinski definition) is 4. The molecule has 1 aliphatic rings. The summed E-state index contributed by atoms with van der Waals surface area (Å²) in [6.07, 6.45) is 4.00. The number of anilines is 1. The Balaban J connectivity index is 1.80. The van der Waals surface area contributed by atoms with Crippen molar-refractivity contribution in [2.24, 2.45) is 5.92 Å². The molecule has 4 nitrogen and oxygen atoms in total. The highest BCUT2D eigenvalue weighted by Gasteiger charge is 2.24. The van der Waals surface area contributed by atoms with E-state index in [2.05, 4.69) is 28.4 Å². The van der Waals surface area contributed by atoms with Crippen LogP contribution < -0.4 is 5.32 Å². The highest BCUT2D eigenvalue weighted by atomic mass is 16.5. The molecule has 0 saturated heterocycles.